The number of halogens is 1. The Morgan fingerprint density at radius 2 is 1.67 bits per heavy atom. The van der Waals surface area contributed by atoms with E-state index in [1.165, 1.54) is 6.08 Å². The fourth-order valence-electron chi connectivity index (χ4n) is 3.43. The molecule has 6 nitrogen and oxygen atoms in total. The molecule has 1 heterocycles. The van der Waals surface area contributed by atoms with Crippen molar-refractivity contribution < 1.29 is 19.1 Å². The van der Waals surface area contributed by atoms with Crippen LogP contribution in [-0.4, -0.2) is 17.8 Å². The van der Waals surface area contributed by atoms with E-state index >= 15 is 0 Å². The smallest absolute Gasteiger partial charge is 0.335 e. The van der Waals surface area contributed by atoms with Crippen LogP contribution in [0.3, 0.4) is 0 Å². The van der Waals surface area contributed by atoms with Crippen molar-refractivity contribution in [3.8, 4) is 5.75 Å². The Morgan fingerprint density at radius 3 is 2.36 bits per heavy atom. The molecule has 166 valence electrons. The maximum Gasteiger partial charge on any atom is 0.335 e. The van der Waals surface area contributed by atoms with E-state index in [9.17, 15) is 14.4 Å². The highest BCUT2D eigenvalue weighted by Gasteiger charge is 2.37. The van der Waals surface area contributed by atoms with Crippen LogP contribution in [0.15, 0.2) is 82.8 Å². The second kappa shape index (κ2) is 9.83. The number of nitrogens with zero attached hydrogens (tertiary/aromatic N) is 1. The number of benzene rings is 3. The molecular formula is C26H21BrN2O4. The minimum atomic E-state index is -0.777. The summed E-state index contributed by atoms with van der Waals surface area (Å²) in [6, 6.07) is 21.3. The first-order valence-electron chi connectivity index (χ1n) is 10.4. The molecule has 1 N–H and O–H groups in total. The summed E-state index contributed by atoms with van der Waals surface area (Å²) in [5.41, 5.74) is 2.83. The van der Waals surface area contributed by atoms with Crippen LogP contribution in [0.2, 0.25) is 0 Å². The number of nitrogens with one attached hydrogen (secondary N) is 1. The molecule has 3 aromatic carbocycles. The van der Waals surface area contributed by atoms with Crippen LogP contribution >= 0.6 is 15.9 Å². The molecule has 0 spiro atoms. The molecular weight excluding hydrogens is 484 g/mol. The van der Waals surface area contributed by atoms with Gasteiger partial charge in [0.25, 0.3) is 11.8 Å². The predicted octanol–water partition coefficient (Wildman–Crippen LogP) is 5.26. The van der Waals surface area contributed by atoms with Gasteiger partial charge in [-0.1, -0.05) is 65.3 Å². The van der Waals surface area contributed by atoms with Crippen LogP contribution in [0.4, 0.5) is 10.5 Å². The molecule has 4 rings (SSSR count). The maximum atomic E-state index is 13.2. The second-order valence-electron chi connectivity index (χ2n) is 7.43. The van der Waals surface area contributed by atoms with Gasteiger partial charge in [0.1, 0.15) is 17.9 Å². The molecule has 0 aromatic heterocycles. The summed E-state index contributed by atoms with van der Waals surface area (Å²) in [6.45, 7) is 2.34. The zero-order chi connectivity index (χ0) is 23.4. The third kappa shape index (κ3) is 5.04. The zero-order valence-corrected chi connectivity index (χ0v) is 19.5. The number of rotatable bonds is 6. The molecule has 0 unspecified atom stereocenters. The van der Waals surface area contributed by atoms with Crippen molar-refractivity contribution in [2.75, 3.05) is 4.90 Å². The highest BCUT2D eigenvalue weighted by molar-refractivity contribution is 9.10. The Hall–Kier alpha value is -3.71. The minimum absolute atomic E-state index is 0.156. The summed E-state index contributed by atoms with van der Waals surface area (Å²) in [4.78, 5) is 39.2. The van der Waals surface area contributed by atoms with Gasteiger partial charge in [0, 0.05) is 10.0 Å². The number of carbonyl (C=O) groups is 3. The summed E-state index contributed by atoms with van der Waals surface area (Å²) in [7, 11) is 0. The van der Waals surface area contributed by atoms with E-state index < -0.39 is 17.8 Å². The number of barbiturate groups is 1. The molecule has 0 bridgehead atoms. The van der Waals surface area contributed by atoms with E-state index in [0.717, 1.165) is 26.9 Å². The topological polar surface area (TPSA) is 75.7 Å². The maximum absolute atomic E-state index is 13.2. The first-order valence-corrected chi connectivity index (χ1v) is 11.2. The fourth-order valence-corrected chi connectivity index (χ4v) is 3.81. The first-order chi connectivity index (χ1) is 16.0. The lowest BCUT2D eigenvalue weighted by Gasteiger charge is -2.26. The summed E-state index contributed by atoms with van der Waals surface area (Å²) in [6.07, 6.45) is 2.28. The van der Waals surface area contributed by atoms with Gasteiger partial charge >= 0.3 is 6.03 Å². The van der Waals surface area contributed by atoms with Gasteiger partial charge in [-0.2, -0.15) is 0 Å². The quantitative estimate of drug-likeness (QED) is 0.367. The lowest BCUT2D eigenvalue weighted by Crippen LogP contribution is -2.54. The van der Waals surface area contributed by atoms with Gasteiger partial charge in [-0.05, 0) is 54.0 Å². The highest BCUT2D eigenvalue weighted by atomic mass is 79.9. The average Bonchev–Trinajstić information content (AvgIpc) is 2.82. The van der Waals surface area contributed by atoms with Gasteiger partial charge in [0.15, 0.2) is 0 Å². The van der Waals surface area contributed by atoms with Crippen molar-refractivity contribution in [1.82, 2.24) is 5.32 Å². The Kier molecular flexibility index (Phi) is 6.70. The Labute approximate surface area is 200 Å². The molecule has 7 heteroatoms. The number of urea groups is 1. The van der Waals surface area contributed by atoms with Crippen molar-refractivity contribution in [2.45, 2.75) is 20.0 Å². The van der Waals surface area contributed by atoms with E-state index in [2.05, 4.69) is 21.2 Å². The third-order valence-corrected chi connectivity index (χ3v) is 5.71. The van der Waals surface area contributed by atoms with E-state index in [1.807, 2.05) is 55.5 Å². The lowest BCUT2D eigenvalue weighted by atomic mass is 10.1. The number of ether oxygens (including phenoxy) is 1. The van der Waals surface area contributed by atoms with Crippen molar-refractivity contribution in [2.24, 2.45) is 0 Å². The van der Waals surface area contributed by atoms with Gasteiger partial charge in [0.05, 0.1) is 5.69 Å². The van der Waals surface area contributed by atoms with E-state index in [-0.39, 0.29) is 5.57 Å². The van der Waals surface area contributed by atoms with Gasteiger partial charge in [-0.15, -0.1) is 0 Å². The molecule has 33 heavy (non-hydrogen) atoms. The van der Waals surface area contributed by atoms with Crippen molar-refractivity contribution >= 4 is 45.5 Å². The zero-order valence-electron chi connectivity index (χ0n) is 17.9. The molecule has 0 aliphatic carbocycles. The Bertz CT molecular complexity index is 1240. The minimum Gasteiger partial charge on any atom is -0.488 e. The second-order valence-corrected chi connectivity index (χ2v) is 8.35. The summed E-state index contributed by atoms with van der Waals surface area (Å²) >= 11 is 3.42. The summed E-state index contributed by atoms with van der Waals surface area (Å²) in [5, 5.41) is 2.26. The number of carbonyl (C=O) groups excluding carboxylic acids is 3. The molecule has 1 aliphatic rings. The van der Waals surface area contributed by atoms with E-state index in [1.54, 1.807) is 24.3 Å². The number of hydrogen-bond acceptors (Lipinski definition) is 4. The number of aryl methyl sites for hydroxylation is 1. The summed E-state index contributed by atoms with van der Waals surface area (Å²) < 4.78 is 6.72. The molecule has 4 amide bonds. The normalized spacial score (nSPS) is 15.0. The number of hydrogen-bond donors (Lipinski definition) is 1. The Morgan fingerprint density at radius 1 is 0.939 bits per heavy atom. The van der Waals surface area contributed by atoms with Gasteiger partial charge in [0.2, 0.25) is 0 Å². The molecule has 0 atom stereocenters. The predicted molar refractivity (Wildman–Crippen MR) is 130 cm³/mol. The van der Waals surface area contributed by atoms with Gasteiger partial charge < -0.3 is 4.74 Å². The van der Waals surface area contributed by atoms with E-state index in [4.69, 9.17) is 4.74 Å². The number of imide groups is 2. The highest BCUT2D eigenvalue weighted by Crippen LogP contribution is 2.29. The van der Waals surface area contributed by atoms with Crippen molar-refractivity contribution in [3.63, 3.8) is 0 Å². The van der Waals surface area contributed by atoms with Crippen molar-refractivity contribution in [3.05, 3.63) is 99.5 Å². The monoisotopic (exact) mass is 504 g/mol. The Balaban J connectivity index is 1.66. The number of amides is 4. The summed E-state index contributed by atoms with van der Waals surface area (Å²) in [5.74, 6) is -0.937. The number of anilines is 1. The van der Waals surface area contributed by atoms with Crippen LogP contribution in [-0.2, 0) is 22.6 Å². The first kappa shape index (κ1) is 22.5. The molecule has 0 radical (unpaired) electrons. The van der Waals surface area contributed by atoms with Crippen molar-refractivity contribution in [1.29, 1.82) is 0 Å². The van der Waals surface area contributed by atoms with Crippen LogP contribution in [0.1, 0.15) is 23.6 Å². The van der Waals surface area contributed by atoms with Crippen LogP contribution in [0.5, 0.6) is 5.75 Å². The largest absolute Gasteiger partial charge is 0.488 e. The molecule has 1 aliphatic heterocycles. The standard InChI is InChI=1S/C26H21BrN2O4/c1-2-17-8-11-21(12-9-17)29-25(31)22(24(30)28-26(29)32)15-19-14-20(27)10-13-23(19)33-16-18-6-4-3-5-7-18/h3-15H,2,16H2,1H3,(H,28,30,32)/b22-15-. The van der Waals surface area contributed by atoms with E-state index in [0.29, 0.717) is 23.6 Å². The van der Waals surface area contributed by atoms with Crippen LogP contribution < -0.4 is 15.0 Å². The molecule has 3 aromatic rings. The molecule has 0 saturated carbocycles. The van der Waals surface area contributed by atoms with Gasteiger partial charge in [-0.3, -0.25) is 14.9 Å². The van der Waals surface area contributed by atoms with Crippen LogP contribution in [0, 0.1) is 0 Å². The molecule has 1 saturated heterocycles. The average molecular weight is 505 g/mol. The SMILES string of the molecule is CCc1ccc(N2C(=O)NC(=O)/C(=C/c3cc(Br)ccc3OCc3ccccc3)C2=O)cc1. The fraction of sp³-hybridized carbons (Fsp3) is 0.115. The molecule has 1 fully saturated rings. The van der Waals surface area contributed by atoms with Gasteiger partial charge in [-0.25, -0.2) is 9.69 Å². The van der Waals surface area contributed by atoms with Crippen LogP contribution in [0.25, 0.3) is 6.08 Å². The third-order valence-electron chi connectivity index (χ3n) is 5.21. The lowest BCUT2D eigenvalue weighted by molar-refractivity contribution is -0.122.